The van der Waals surface area contributed by atoms with Crippen LogP contribution in [0.4, 0.5) is 4.39 Å². The first kappa shape index (κ1) is 21.3. The fourth-order valence-electron chi connectivity index (χ4n) is 2.58. The number of methoxy groups -OCH3 is 1. The van der Waals surface area contributed by atoms with Crippen LogP contribution < -0.4 is 15.4 Å². The highest BCUT2D eigenvalue weighted by atomic mass is 35.5. The Morgan fingerprint density at radius 2 is 1.87 bits per heavy atom. The summed E-state index contributed by atoms with van der Waals surface area (Å²) < 4.78 is 23.1. The van der Waals surface area contributed by atoms with Crippen LogP contribution in [0.25, 0.3) is 11.4 Å². The van der Waals surface area contributed by atoms with Crippen LogP contribution in [0.1, 0.15) is 16.2 Å². The van der Waals surface area contributed by atoms with Gasteiger partial charge in [-0.05, 0) is 35.9 Å². The van der Waals surface area contributed by atoms with Crippen molar-refractivity contribution in [3.05, 3.63) is 64.8 Å². The lowest BCUT2D eigenvalue weighted by Crippen LogP contribution is -2.35. The van der Waals surface area contributed by atoms with Crippen LogP contribution in [0.5, 0.6) is 5.75 Å². The third-order valence-electron chi connectivity index (χ3n) is 4.03. The van der Waals surface area contributed by atoms with Crippen LogP contribution in [0.3, 0.4) is 0 Å². The summed E-state index contributed by atoms with van der Waals surface area (Å²) in [6.07, 6.45) is 0.114. The summed E-state index contributed by atoms with van der Waals surface area (Å²) in [7, 11) is 1.49. The second-order valence-electron chi connectivity index (χ2n) is 6.18. The predicted molar refractivity (Wildman–Crippen MR) is 107 cm³/mol. The number of hydrogen-bond donors (Lipinski definition) is 2. The number of nitrogens with one attached hydrogen (secondary N) is 2. The van der Waals surface area contributed by atoms with Gasteiger partial charge in [0.15, 0.2) is 0 Å². The molecule has 3 rings (SSSR count). The van der Waals surface area contributed by atoms with E-state index < -0.39 is 5.91 Å². The number of ether oxygens (including phenoxy) is 1. The Bertz CT molecular complexity index is 1040. The van der Waals surface area contributed by atoms with E-state index in [0.29, 0.717) is 21.9 Å². The lowest BCUT2D eigenvalue weighted by molar-refractivity contribution is -0.120. The monoisotopic (exact) mass is 432 g/mol. The highest BCUT2D eigenvalue weighted by Gasteiger charge is 2.18. The third-order valence-corrected chi connectivity index (χ3v) is 4.27. The molecule has 0 bridgehead atoms. The number of amides is 2. The zero-order valence-corrected chi connectivity index (χ0v) is 16.7. The number of halogens is 2. The number of hydrogen-bond acceptors (Lipinski definition) is 6. The fourth-order valence-corrected chi connectivity index (χ4v) is 2.76. The first-order valence-corrected chi connectivity index (χ1v) is 9.31. The number of aromatic nitrogens is 2. The van der Waals surface area contributed by atoms with Gasteiger partial charge in [0, 0.05) is 18.1 Å². The Balaban J connectivity index is 1.48. The molecule has 0 unspecified atom stereocenters. The maximum Gasteiger partial charge on any atom is 0.316 e. The molecule has 0 aliphatic heterocycles. The smallest absolute Gasteiger partial charge is 0.316 e. The molecule has 0 aliphatic rings. The summed E-state index contributed by atoms with van der Waals surface area (Å²) in [6.45, 7) is 0.362. The maximum absolute atomic E-state index is 12.9. The Hall–Kier alpha value is -3.46. The van der Waals surface area contributed by atoms with Gasteiger partial charge >= 0.3 is 11.8 Å². The van der Waals surface area contributed by atoms with E-state index >= 15 is 0 Å². The molecule has 2 aromatic carbocycles. The topological polar surface area (TPSA) is 106 Å². The Kier molecular flexibility index (Phi) is 6.97. The Morgan fingerprint density at radius 3 is 2.60 bits per heavy atom. The molecule has 8 nitrogen and oxygen atoms in total. The van der Waals surface area contributed by atoms with E-state index in [1.807, 2.05) is 0 Å². The second-order valence-corrected chi connectivity index (χ2v) is 6.61. The molecule has 10 heteroatoms. The van der Waals surface area contributed by atoms with Crippen molar-refractivity contribution in [2.24, 2.45) is 0 Å². The van der Waals surface area contributed by atoms with Gasteiger partial charge in [-0.1, -0.05) is 28.9 Å². The van der Waals surface area contributed by atoms with Crippen LogP contribution >= 0.6 is 11.6 Å². The summed E-state index contributed by atoms with van der Waals surface area (Å²) in [6, 6.07) is 10.6. The fraction of sp³-hybridized carbons (Fsp3) is 0.200. The first-order chi connectivity index (χ1) is 14.5. The Morgan fingerprint density at radius 1 is 1.13 bits per heavy atom. The average molecular weight is 433 g/mol. The lowest BCUT2D eigenvalue weighted by Gasteiger charge is -2.06. The van der Waals surface area contributed by atoms with Crippen molar-refractivity contribution in [3.63, 3.8) is 0 Å². The molecule has 0 saturated carbocycles. The number of carbonyl (C=O) groups excluding carboxylic acids is 2. The summed E-state index contributed by atoms with van der Waals surface area (Å²) >= 11 is 5.99. The summed E-state index contributed by atoms with van der Waals surface area (Å²) in [5.74, 6) is -0.779. The number of nitrogens with zero attached hydrogens (tertiary/aromatic N) is 2. The predicted octanol–water partition coefficient (Wildman–Crippen LogP) is 2.63. The zero-order valence-electron chi connectivity index (χ0n) is 15.9. The molecule has 3 aromatic rings. The van der Waals surface area contributed by atoms with Crippen LogP contribution in [0.2, 0.25) is 5.02 Å². The lowest BCUT2D eigenvalue weighted by atomic mass is 10.1. The van der Waals surface area contributed by atoms with E-state index in [9.17, 15) is 14.0 Å². The van der Waals surface area contributed by atoms with Crippen LogP contribution in [-0.2, 0) is 11.2 Å². The van der Waals surface area contributed by atoms with Gasteiger partial charge in [0.05, 0.1) is 19.1 Å². The van der Waals surface area contributed by atoms with Gasteiger partial charge in [-0.2, -0.15) is 4.98 Å². The van der Waals surface area contributed by atoms with Crippen molar-refractivity contribution in [2.45, 2.75) is 6.42 Å². The molecule has 0 saturated heterocycles. The van der Waals surface area contributed by atoms with E-state index in [1.165, 1.54) is 19.2 Å². The molecule has 2 N–H and O–H groups in total. The van der Waals surface area contributed by atoms with Gasteiger partial charge in [0.1, 0.15) is 11.6 Å². The molecule has 0 atom stereocenters. The number of rotatable bonds is 8. The second kappa shape index (κ2) is 9.84. The van der Waals surface area contributed by atoms with Gasteiger partial charge in [-0.3, -0.25) is 9.59 Å². The minimum absolute atomic E-state index is 0.114. The van der Waals surface area contributed by atoms with Gasteiger partial charge in [-0.15, -0.1) is 0 Å². The number of benzene rings is 2. The molecule has 0 spiro atoms. The highest BCUT2D eigenvalue weighted by Crippen LogP contribution is 2.30. The van der Waals surface area contributed by atoms with Crippen molar-refractivity contribution < 1.29 is 23.2 Å². The van der Waals surface area contributed by atoms with Crippen molar-refractivity contribution in [1.29, 1.82) is 0 Å². The van der Waals surface area contributed by atoms with Gasteiger partial charge in [0.25, 0.3) is 0 Å². The minimum Gasteiger partial charge on any atom is -0.496 e. The molecule has 0 fully saturated rings. The number of carbonyl (C=O) groups is 2. The van der Waals surface area contributed by atoms with Crippen molar-refractivity contribution in [2.75, 3.05) is 20.2 Å². The maximum atomic E-state index is 12.9. The van der Waals surface area contributed by atoms with Gasteiger partial charge in [-0.25, -0.2) is 4.39 Å². The average Bonchev–Trinajstić information content (AvgIpc) is 3.23. The standard InChI is InChI=1S/C20H18ClFN4O4/c1-29-16-7-4-13(21)11-15(16)18-25-20(30-26-18)19(28)24-9-8-23-17(27)10-12-2-5-14(22)6-3-12/h2-7,11H,8-10H2,1H3,(H,23,27)(H,24,28). The molecule has 156 valence electrons. The summed E-state index contributed by atoms with van der Waals surface area (Å²) in [5.41, 5.74) is 1.17. The van der Waals surface area contributed by atoms with Crippen molar-refractivity contribution in [1.82, 2.24) is 20.8 Å². The summed E-state index contributed by atoms with van der Waals surface area (Å²) in [4.78, 5) is 28.1. The van der Waals surface area contributed by atoms with Crippen molar-refractivity contribution in [3.8, 4) is 17.1 Å². The highest BCUT2D eigenvalue weighted by molar-refractivity contribution is 6.30. The zero-order chi connectivity index (χ0) is 21.5. The Labute approximate surface area is 176 Å². The molecular weight excluding hydrogens is 415 g/mol. The van der Waals surface area contributed by atoms with E-state index in [0.717, 1.165) is 0 Å². The molecule has 1 aromatic heterocycles. The van der Waals surface area contributed by atoms with Crippen LogP contribution in [-0.4, -0.2) is 42.2 Å². The molecular formula is C20H18ClFN4O4. The molecule has 30 heavy (non-hydrogen) atoms. The van der Waals surface area contributed by atoms with E-state index in [-0.39, 0.29) is 42.9 Å². The van der Waals surface area contributed by atoms with E-state index in [1.54, 1.807) is 30.3 Å². The molecule has 2 amide bonds. The first-order valence-electron chi connectivity index (χ1n) is 8.93. The third kappa shape index (κ3) is 5.54. The normalized spacial score (nSPS) is 10.5. The molecule has 1 heterocycles. The van der Waals surface area contributed by atoms with Crippen LogP contribution in [0, 0.1) is 5.82 Å². The molecule has 0 aliphatic carbocycles. The SMILES string of the molecule is COc1ccc(Cl)cc1-c1noc(C(=O)NCCNC(=O)Cc2ccc(F)cc2)n1. The van der Waals surface area contributed by atoms with Crippen LogP contribution in [0.15, 0.2) is 47.0 Å². The van der Waals surface area contributed by atoms with Gasteiger partial charge < -0.3 is 19.9 Å². The minimum atomic E-state index is -0.581. The summed E-state index contributed by atoms with van der Waals surface area (Å²) in [5, 5.41) is 9.47. The van der Waals surface area contributed by atoms with Crippen molar-refractivity contribution >= 4 is 23.4 Å². The van der Waals surface area contributed by atoms with E-state index in [4.69, 9.17) is 20.9 Å². The van der Waals surface area contributed by atoms with E-state index in [2.05, 4.69) is 20.8 Å². The largest absolute Gasteiger partial charge is 0.496 e. The van der Waals surface area contributed by atoms with Gasteiger partial charge in [0.2, 0.25) is 11.7 Å². The quantitative estimate of drug-likeness (QED) is 0.530. The molecule has 0 radical (unpaired) electrons.